The fraction of sp³-hybridized carbons (Fsp3) is 0.227. The lowest BCUT2D eigenvalue weighted by molar-refractivity contribution is -0.135. The molecule has 30 heavy (non-hydrogen) atoms. The Morgan fingerprint density at radius 1 is 1.03 bits per heavy atom. The van der Waals surface area contributed by atoms with Crippen LogP contribution in [0.2, 0.25) is 0 Å². The first-order valence-corrected chi connectivity index (χ1v) is 9.94. The Morgan fingerprint density at radius 3 is 2.50 bits per heavy atom. The van der Waals surface area contributed by atoms with Crippen LogP contribution in [-0.2, 0) is 17.8 Å². The van der Waals surface area contributed by atoms with Crippen LogP contribution >= 0.6 is 0 Å². The van der Waals surface area contributed by atoms with Gasteiger partial charge in [0.2, 0.25) is 5.91 Å². The van der Waals surface area contributed by atoms with E-state index in [9.17, 15) is 4.79 Å². The number of nitrogens with zero attached hydrogens (tertiary/aromatic N) is 6. The minimum Gasteiger partial charge on any atom is -0.336 e. The van der Waals surface area contributed by atoms with E-state index in [1.165, 1.54) is 16.6 Å². The summed E-state index contributed by atoms with van der Waals surface area (Å²) in [6.45, 7) is 2.98. The van der Waals surface area contributed by atoms with Gasteiger partial charge in [0.05, 0.1) is 5.69 Å². The quantitative estimate of drug-likeness (QED) is 0.570. The molecule has 8 heteroatoms. The van der Waals surface area contributed by atoms with Crippen molar-refractivity contribution in [2.45, 2.75) is 25.9 Å². The molecular formula is C22H21N7O. The monoisotopic (exact) mass is 399 g/mol. The van der Waals surface area contributed by atoms with Gasteiger partial charge in [-0.2, -0.15) is 5.10 Å². The summed E-state index contributed by atoms with van der Waals surface area (Å²) < 4.78 is 1.48. The molecule has 1 aliphatic heterocycles. The van der Waals surface area contributed by atoms with Crippen LogP contribution in [-0.4, -0.2) is 47.8 Å². The van der Waals surface area contributed by atoms with Gasteiger partial charge in [-0.15, -0.1) is 5.10 Å². The molecule has 1 aliphatic rings. The third kappa shape index (κ3) is 3.26. The van der Waals surface area contributed by atoms with Crippen molar-refractivity contribution in [2.75, 3.05) is 6.54 Å². The average Bonchev–Trinajstić information content (AvgIpc) is 3.49. The van der Waals surface area contributed by atoms with Crippen LogP contribution in [0.5, 0.6) is 0 Å². The number of rotatable bonds is 4. The lowest BCUT2D eigenvalue weighted by Gasteiger charge is -2.29. The first-order chi connectivity index (χ1) is 14.7. The standard InChI is InChI=1S/C22H21N7O/c1-15(29-14-23-26-27-29)22(30)28-12-11-20-19(13-28)21(25-24-20)18-9-7-17(8-10-18)16-5-3-2-4-6-16/h2-10,14-15H,11-13H2,1H3,(H,24,25)/t15-/m0/s1. The molecule has 5 rings (SSSR count). The summed E-state index contributed by atoms with van der Waals surface area (Å²) in [5.74, 6) is -0.000439. The molecule has 1 atom stereocenters. The molecule has 0 saturated carbocycles. The highest BCUT2D eigenvalue weighted by Crippen LogP contribution is 2.30. The summed E-state index contributed by atoms with van der Waals surface area (Å²) in [5, 5.41) is 18.8. The molecule has 8 nitrogen and oxygen atoms in total. The van der Waals surface area contributed by atoms with Crippen LogP contribution in [0, 0.1) is 0 Å². The zero-order chi connectivity index (χ0) is 20.5. The minimum absolute atomic E-state index is 0.000439. The van der Waals surface area contributed by atoms with Crippen LogP contribution in [0.3, 0.4) is 0 Å². The van der Waals surface area contributed by atoms with Crippen molar-refractivity contribution >= 4 is 5.91 Å². The average molecular weight is 399 g/mol. The number of hydrogen-bond acceptors (Lipinski definition) is 5. The van der Waals surface area contributed by atoms with E-state index in [0.717, 1.165) is 34.5 Å². The number of amides is 1. The van der Waals surface area contributed by atoms with E-state index in [2.05, 4.69) is 62.1 Å². The Morgan fingerprint density at radius 2 is 1.77 bits per heavy atom. The maximum atomic E-state index is 13.0. The number of aromatic amines is 1. The van der Waals surface area contributed by atoms with Crippen molar-refractivity contribution in [3.8, 4) is 22.4 Å². The van der Waals surface area contributed by atoms with E-state index in [0.29, 0.717) is 13.1 Å². The second kappa shape index (κ2) is 7.55. The maximum absolute atomic E-state index is 13.0. The Labute approximate surface area is 173 Å². The van der Waals surface area contributed by atoms with Crippen molar-refractivity contribution in [3.05, 3.63) is 72.2 Å². The molecule has 4 aromatic rings. The highest BCUT2D eigenvalue weighted by atomic mass is 16.2. The molecule has 1 amide bonds. The molecule has 0 aliphatic carbocycles. The van der Waals surface area contributed by atoms with Crippen LogP contribution in [0.4, 0.5) is 0 Å². The Bertz CT molecular complexity index is 1150. The molecule has 0 radical (unpaired) electrons. The molecule has 0 saturated heterocycles. The smallest absolute Gasteiger partial charge is 0.247 e. The Balaban J connectivity index is 1.39. The number of tetrazole rings is 1. The summed E-state index contributed by atoms with van der Waals surface area (Å²) in [7, 11) is 0. The number of aromatic nitrogens is 6. The van der Waals surface area contributed by atoms with E-state index in [4.69, 9.17) is 0 Å². The molecule has 0 bridgehead atoms. The second-order valence-corrected chi connectivity index (χ2v) is 7.45. The number of carbonyl (C=O) groups excluding carboxylic acids is 1. The fourth-order valence-corrected chi connectivity index (χ4v) is 3.90. The normalized spacial score (nSPS) is 14.4. The number of benzene rings is 2. The van der Waals surface area contributed by atoms with Crippen molar-refractivity contribution in [1.29, 1.82) is 0 Å². The highest BCUT2D eigenvalue weighted by Gasteiger charge is 2.29. The first-order valence-electron chi connectivity index (χ1n) is 9.94. The van der Waals surface area contributed by atoms with Gasteiger partial charge in [0.25, 0.3) is 0 Å². The first kappa shape index (κ1) is 18.2. The molecule has 3 heterocycles. The minimum atomic E-state index is -0.443. The van der Waals surface area contributed by atoms with Gasteiger partial charge in [0, 0.05) is 36.3 Å². The molecule has 2 aromatic carbocycles. The topological polar surface area (TPSA) is 92.6 Å². The summed E-state index contributed by atoms with van der Waals surface area (Å²) in [6.07, 6.45) is 2.22. The Kier molecular flexibility index (Phi) is 4.59. The van der Waals surface area contributed by atoms with Gasteiger partial charge >= 0.3 is 0 Å². The van der Waals surface area contributed by atoms with Crippen LogP contribution in [0.15, 0.2) is 60.9 Å². The number of nitrogens with one attached hydrogen (secondary N) is 1. The van der Waals surface area contributed by atoms with E-state index < -0.39 is 6.04 Å². The van der Waals surface area contributed by atoms with Crippen LogP contribution in [0.1, 0.15) is 24.2 Å². The summed E-state index contributed by atoms with van der Waals surface area (Å²) in [4.78, 5) is 14.8. The van der Waals surface area contributed by atoms with Crippen molar-refractivity contribution in [2.24, 2.45) is 0 Å². The van der Waals surface area contributed by atoms with E-state index in [1.54, 1.807) is 0 Å². The lowest BCUT2D eigenvalue weighted by Crippen LogP contribution is -2.40. The summed E-state index contributed by atoms with van der Waals surface area (Å²) in [5.41, 5.74) is 6.45. The lowest BCUT2D eigenvalue weighted by atomic mass is 9.98. The van der Waals surface area contributed by atoms with E-state index in [-0.39, 0.29) is 5.91 Å². The predicted molar refractivity (Wildman–Crippen MR) is 111 cm³/mol. The number of hydrogen-bond donors (Lipinski definition) is 1. The van der Waals surface area contributed by atoms with Gasteiger partial charge in [-0.3, -0.25) is 9.89 Å². The summed E-state index contributed by atoms with van der Waals surface area (Å²) >= 11 is 0. The fourth-order valence-electron chi connectivity index (χ4n) is 3.90. The Hall–Kier alpha value is -3.81. The molecule has 150 valence electrons. The van der Waals surface area contributed by atoms with Crippen molar-refractivity contribution in [1.82, 2.24) is 35.3 Å². The van der Waals surface area contributed by atoms with Crippen molar-refractivity contribution < 1.29 is 4.79 Å². The van der Waals surface area contributed by atoms with Crippen LogP contribution in [0.25, 0.3) is 22.4 Å². The van der Waals surface area contributed by atoms with Gasteiger partial charge in [-0.05, 0) is 28.5 Å². The molecule has 0 unspecified atom stereocenters. The van der Waals surface area contributed by atoms with E-state index in [1.807, 2.05) is 30.0 Å². The van der Waals surface area contributed by atoms with Gasteiger partial charge in [-0.1, -0.05) is 54.6 Å². The molecule has 1 N–H and O–H groups in total. The third-order valence-corrected chi connectivity index (χ3v) is 5.63. The third-order valence-electron chi connectivity index (χ3n) is 5.63. The number of H-pyrrole nitrogens is 1. The second-order valence-electron chi connectivity index (χ2n) is 7.45. The van der Waals surface area contributed by atoms with Crippen molar-refractivity contribution in [3.63, 3.8) is 0 Å². The van der Waals surface area contributed by atoms with Gasteiger partial charge in [0.1, 0.15) is 12.4 Å². The van der Waals surface area contributed by atoms with Gasteiger partial charge in [-0.25, -0.2) is 4.68 Å². The molecule has 0 spiro atoms. The SMILES string of the molecule is C[C@@H](C(=O)N1CCc2[nH]nc(-c3ccc(-c4ccccc4)cc3)c2C1)n1cnnn1. The number of carbonyl (C=O) groups is 1. The van der Waals surface area contributed by atoms with Gasteiger partial charge in [0.15, 0.2) is 0 Å². The molecule has 0 fully saturated rings. The summed E-state index contributed by atoms with van der Waals surface area (Å²) in [6, 6.07) is 18.2. The molecule has 2 aromatic heterocycles. The maximum Gasteiger partial charge on any atom is 0.247 e. The highest BCUT2D eigenvalue weighted by molar-refractivity contribution is 5.81. The van der Waals surface area contributed by atoms with E-state index >= 15 is 0 Å². The zero-order valence-electron chi connectivity index (χ0n) is 16.6. The molecular weight excluding hydrogens is 378 g/mol. The predicted octanol–water partition coefficient (Wildman–Crippen LogP) is 2.88. The van der Waals surface area contributed by atoms with Gasteiger partial charge < -0.3 is 4.90 Å². The number of fused-ring (bicyclic) bond motifs is 1. The largest absolute Gasteiger partial charge is 0.336 e. The zero-order valence-corrected chi connectivity index (χ0v) is 16.6. The van der Waals surface area contributed by atoms with Crippen LogP contribution < -0.4 is 0 Å².